The molecule has 0 saturated heterocycles. The fraction of sp³-hybridized carbons (Fsp3) is 0.292. The molecule has 2 heterocycles. The van der Waals surface area contributed by atoms with E-state index in [-0.39, 0.29) is 17.9 Å². The fourth-order valence-corrected chi connectivity index (χ4v) is 4.36. The first-order valence-corrected chi connectivity index (χ1v) is 10.8. The number of anilines is 4. The molecule has 0 bridgehead atoms. The number of rotatable bonds is 5. The van der Waals surface area contributed by atoms with Crippen molar-refractivity contribution in [3.63, 3.8) is 0 Å². The second-order valence-electron chi connectivity index (χ2n) is 8.23. The Morgan fingerprint density at radius 3 is 2.55 bits per heavy atom. The number of aromatic nitrogens is 2. The average molecular weight is 449 g/mol. The number of hydrogen-bond donors (Lipinski definition) is 2. The maximum absolute atomic E-state index is 13.7. The van der Waals surface area contributed by atoms with Crippen molar-refractivity contribution in [2.45, 2.75) is 38.0 Å². The predicted octanol–water partition coefficient (Wildman–Crippen LogP) is 4.23. The molecule has 2 N–H and O–H groups in total. The van der Waals surface area contributed by atoms with Gasteiger partial charge in [0.1, 0.15) is 17.4 Å². The predicted molar refractivity (Wildman–Crippen MR) is 122 cm³/mol. The number of nitrogens with zero attached hydrogens (tertiary/aromatic N) is 4. The van der Waals surface area contributed by atoms with Gasteiger partial charge in [0.25, 0.3) is 0 Å². The largest absolute Gasteiger partial charge is 0.497 e. The molecule has 2 amide bonds. The summed E-state index contributed by atoms with van der Waals surface area (Å²) in [5, 5.41) is 13.2. The minimum absolute atomic E-state index is 0.166. The Labute approximate surface area is 190 Å². The summed E-state index contributed by atoms with van der Waals surface area (Å²) in [4.78, 5) is 26.1. The van der Waals surface area contributed by atoms with Crippen LogP contribution in [0.2, 0.25) is 0 Å². The second kappa shape index (κ2) is 8.67. The van der Waals surface area contributed by atoms with Crippen LogP contribution in [0.25, 0.3) is 0 Å². The molecule has 1 fully saturated rings. The van der Waals surface area contributed by atoms with E-state index in [1.165, 1.54) is 12.1 Å². The molecule has 170 valence electrons. The van der Waals surface area contributed by atoms with E-state index in [1.54, 1.807) is 35.2 Å². The highest BCUT2D eigenvalue weighted by molar-refractivity contribution is 6.06. The summed E-state index contributed by atoms with van der Waals surface area (Å²) in [5.74, 6) is 1.22. The molecule has 1 aliphatic heterocycles. The van der Waals surface area contributed by atoms with Crippen molar-refractivity contribution >= 4 is 29.2 Å². The minimum atomic E-state index is -0.443. The highest BCUT2D eigenvalue weighted by Crippen LogP contribution is 2.37. The van der Waals surface area contributed by atoms with E-state index in [1.807, 2.05) is 24.3 Å². The van der Waals surface area contributed by atoms with Crippen LogP contribution in [0.15, 0.2) is 54.7 Å². The molecule has 8 nitrogen and oxygen atoms in total. The lowest BCUT2D eigenvalue weighted by molar-refractivity contribution is 0.181. The van der Waals surface area contributed by atoms with Gasteiger partial charge in [0.2, 0.25) is 5.95 Å². The quantitative estimate of drug-likeness (QED) is 0.606. The van der Waals surface area contributed by atoms with E-state index >= 15 is 0 Å². The smallest absolute Gasteiger partial charge is 0.330 e. The van der Waals surface area contributed by atoms with E-state index in [4.69, 9.17) is 4.74 Å². The van der Waals surface area contributed by atoms with Crippen molar-refractivity contribution in [2.24, 2.45) is 0 Å². The standard InChI is InChI=1S/C24H24FN5O3/c1-33-21-10-7-18(8-11-21)29-14-15-13-26-23(27-17-4-2-16(25)3-5-17)28-22(15)30(24(29)32)19-6-9-20(31)12-19/h2-5,7-8,10-11,13,19-20,31H,6,9,12,14H2,1H3,(H,26,27,28)/t19-,20-/m1/s1. The lowest BCUT2D eigenvalue weighted by atomic mass is 10.1. The lowest BCUT2D eigenvalue weighted by Gasteiger charge is -2.39. The van der Waals surface area contributed by atoms with Crippen LogP contribution in [0.4, 0.5) is 32.3 Å². The molecule has 1 aliphatic carbocycles. The zero-order valence-electron chi connectivity index (χ0n) is 18.1. The number of carbonyl (C=O) groups excluding carboxylic acids is 1. The Kier molecular flexibility index (Phi) is 5.55. The highest BCUT2D eigenvalue weighted by Gasteiger charge is 2.40. The van der Waals surface area contributed by atoms with E-state index in [9.17, 15) is 14.3 Å². The molecular formula is C24H24FN5O3. The Hall–Kier alpha value is -3.72. The first-order chi connectivity index (χ1) is 16.0. The van der Waals surface area contributed by atoms with Crippen LogP contribution in [0.5, 0.6) is 5.75 Å². The maximum atomic E-state index is 13.7. The molecule has 2 aromatic carbocycles. The van der Waals surface area contributed by atoms with Gasteiger partial charge in [-0.25, -0.2) is 14.2 Å². The third-order valence-electron chi connectivity index (χ3n) is 6.06. The maximum Gasteiger partial charge on any atom is 0.330 e. The molecule has 3 aromatic rings. The van der Waals surface area contributed by atoms with E-state index in [0.29, 0.717) is 49.0 Å². The molecule has 1 saturated carbocycles. The third kappa shape index (κ3) is 4.19. The summed E-state index contributed by atoms with van der Waals surface area (Å²) in [7, 11) is 1.60. The number of hydrogen-bond acceptors (Lipinski definition) is 6. The first-order valence-electron chi connectivity index (χ1n) is 10.8. The minimum Gasteiger partial charge on any atom is -0.497 e. The average Bonchev–Trinajstić information content (AvgIpc) is 3.26. The highest BCUT2D eigenvalue weighted by atomic mass is 19.1. The molecule has 9 heteroatoms. The van der Waals surface area contributed by atoms with Crippen LogP contribution >= 0.6 is 0 Å². The fourth-order valence-electron chi connectivity index (χ4n) is 4.36. The first kappa shape index (κ1) is 21.1. The zero-order valence-corrected chi connectivity index (χ0v) is 18.1. The normalized spacial score (nSPS) is 20.0. The molecule has 1 aromatic heterocycles. The summed E-state index contributed by atoms with van der Waals surface area (Å²) in [5.41, 5.74) is 2.18. The monoisotopic (exact) mass is 449 g/mol. The van der Waals surface area contributed by atoms with Gasteiger partial charge in [-0.05, 0) is 67.8 Å². The second-order valence-corrected chi connectivity index (χ2v) is 8.23. The summed E-state index contributed by atoms with van der Waals surface area (Å²) >= 11 is 0. The SMILES string of the molecule is COc1ccc(N2Cc3cnc(Nc4ccc(F)cc4)nc3N([C@@H]3CC[C@@H](O)C3)C2=O)cc1. The number of urea groups is 1. The van der Waals surface area contributed by atoms with Crippen LogP contribution in [-0.2, 0) is 6.54 Å². The number of carbonyl (C=O) groups is 1. The van der Waals surface area contributed by atoms with Crippen LogP contribution in [-0.4, -0.2) is 40.4 Å². The number of amides is 2. The van der Waals surface area contributed by atoms with Gasteiger partial charge >= 0.3 is 6.03 Å². The molecule has 0 spiro atoms. The van der Waals surface area contributed by atoms with E-state index in [0.717, 1.165) is 11.3 Å². The van der Waals surface area contributed by atoms with Gasteiger partial charge in [-0.2, -0.15) is 4.98 Å². The molecule has 2 atom stereocenters. The molecule has 33 heavy (non-hydrogen) atoms. The number of benzene rings is 2. The molecule has 5 rings (SSSR count). The van der Waals surface area contributed by atoms with Gasteiger partial charge in [-0.3, -0.25) is 9.80 Å². The van der Waals surface area contributed by atoms with Gasteiger partial charge in [-0.1, -0.05) is 0 Å². The van der Waals surface area contributed by atoms with Gasteiger partial charge in [0.05, 0.1) is 19.8 Å². The summed E-state index contributed by atoms with van der Waals surface area (Å²) in [6, 6.07) is 12.8. The number of nitrogens with one attached hydrogen (secondary N) is 1. The van der Waals surface area contributed by atoms with Crippen molar-refractivity contribution < 1.29 is 19.0 Å². The zero-order chi connectivity index (χ0) is 22.9. The van der Waals surface area contributed by atoms with Gasteiger partial charge in [0, 0.05) is 29.2 Å². The third-order valence-corrected chi connectivity index (χ3v) is 6.06. The van der Waals surface area contributed by atoms with Crippen LogP contribution in [0.3, 0.4) is 0 Å². The Bertz CT molecular complexity index is 1160. The van der Waals surface area contributed by atoms with Crippen LogP contribution in [0.1, 0.15) is 24.8 Å². The summed E-state index contributed by atoms with van der Waals surface area (Å²) in [6.07, 6.45) is 3.08. The summed E-state index contributed by atoms with van der Waals surface area (Å²) in [6.45, 7) is 0.323. The molecular weight excluding hydrogens is 425 g/mol. The number of methoxy groups -OCH3 is 1. The lowest BCUT2D eigenvalue weighted by Crippen LogP contribution is -2.52. The number of aliphatic hydroxyl groups excluding tert-OH is 1. The topological polar surface area (TPSA) is 90.8 Å². The summed E-state index contributed by atoms with van der Waals surface area (Å²) < 4.78 is 18.5. The molecule has 2 aliphatic rings. The molecule has 0 radical (unpaired) electrons. The van der Waals surface area contributed by atoms with Crippen molar-refractivity contribution in [1.82, 2.24) is 9.97 Å². The Balaban J connectivity index is 1.50. The Morgan fingerprint density at radius 1 is 1.12 bits per heavy atom. The van der Waals surface area contributed by atoms with Crippen molar-refractivity contribution in [3.05, 3.63) is 66.1 Å². The van der Waals surface area contributed by atoms with E-state index in [2.05, 4.69) is 15.3 Å². The van der Waals surface area contributed by atoms with Crippen molar-refractivity contribution in [2.75, 3.05) is 22.2 Å². The van der Waals surface area contributed by atoms with Crippen LogP contribution < -0.4 is 19.9 Å². The number of fused-ring (bicyclic) bond motifs is 1. The number of aliphatic hydroxyl groups is 1. The van der Waals surface area contributed by atoms with Gasteiger partial charge < -0.3 is 15.2 Å². The number of halogens is 1. The van der Waals surface area contributed by atoms with Gasteiger partial charge in [-0.15, -0.1) is 0 Å². The van der Waals surface area contributed by atoms with Gasteiger partial charge in [0.15, 0.2) is 0 Å². The Morgan fingerprint density at radius 2 is 1.88 bits per heavy atom. The van der Waals surface area contributed by atoms with Crippen molar-refractivity contribution in [1.29, 1.82) is 0 Å². The van der Waals surface area contributed by atoms with Crippen LogP contribution in [0, 0.1) is 5.82 Å². The van der Waals surface area contributed by atoms with E-state index < -0.39 is 6.10 Å². The molecule has 0 unspecified atom stereocenters. The number of ether oxygens (including phenoxy) is 1. The van der Waals surface area contributed by atoms with Crippen molar-refractivity contribution in [3.8, 4) is 5.75 Å².